The zero-order valence-electron chi connectivity index (χ0n) is 8.90. The normalized spacial score (nSPS) is 10.1. The number of rotatable bonds is 6. The number of ether oxygens (including phenoxy) is 2. The molecule has 1 aromatic carbocycles. The number of halogens is 1. The van der Waals surface area contributed by atoms with Crippen molar-refractivity contribution in [1.82, 2.24) is 0 Å². The number of hydrogen-bond acceptors (Lipinski definition) is 4. The van der Waals surface area contributed by atoms with Crippen molar-refractivity contribution in [3.63, 3.8) is 0 Å². The number of phenolic OH excluding ortho intramolecular Hbond substituents is 1. The third-order valence-corrected chi connectivity index (χ3v) is 2.25. The molecule has 0 aliphatic heterocycles. The summed E-state index contributed by atoms with van der Waals surface area (Å²) in [5.74, 6) is 0.224. The van der Waals surface area contributed by atoms with Crippen LogP contribution in [0.1, 0.15) is 16.8 Å². The van der Waals surface area contributed by atoms with E-state index >= 15 is 0 Å². The van der Waals surface area contributed by atoms with Crippen molar-refractivity contribution in [1.29, 1.82) is 0 Å². The molecule has 1 N–H and O–H groups in total. The lowest BCUT2D eigenvalue weighted by Crippen LogP contribution is -2.02. The smallest absolute Gasteiger partial charge is 0.153 e. The second-order valence-corrected chi connectivity index (χ2v) is 3.56. The first kappa shape index (κ1) is 12.8. The van der Waals surface area contributed by atoms with Crippen molar-refractivity contribution in [2.75, 3.05) is 20.3 Å². The lowest BCUT2D eigenvalue weighted by molar-refractivity contribution is 0.112. The average Bonchev–Trinajstić information content (AvgIpc) is 2.28. The Bertz CT molecular complexity index is 365. The van der Waals surface area contributed by atoms with Gasteiger partial charge in [0.2, 0.25) is 0 Å². The molecule has 5 heteroatoms. The molecule has 0 heterocycles. The van der Waals surface area contributed by atoms with Crippen LogP contribution in [0.3, 0.4) is 0 Å². The third kappa shape index (κ3) is 3.40. The van der Waals surface area contributed by atoms with Gasteiger partial charge in [-0.3, -0.25) is 4.79 Å². The number of carbonyl (C=O) groups excluding carboxylic acids is 1. The minimum atomic E-state index is -0.138. The monoisotopic (exact) mass is 244 g/mol. The van der Waals surface area contributed by atoms with Gasteiger partial charge >= 0.3 is 0 Å². The van der Waals surface area contributed by atoms with Gasteiger partial charge in [-0.2, -0.15) is 0 Å². The highest BCUT2D eigenvalue weighted by Crippen LogP contribution is 2.31. The molecule has 0 saturated carbocycles. The van der Waals surface area contributed by atoms with E-state index in [4.69, 9.17) is 21.1 Å². The number of hydrogen-bond donors (Lipinski definition) is 1. The van der Waals surface area contributed by atoms with E-state index in [1.54, 1.807) is 7.11 Å². The Morgan fingerprint density at radius 3 is 2.81 bits per heavy atom. The van der Waals surface area contributed by atoms with Gasteiger partial charge in [0, 0.05) is 26.2 Å². The van der Waals surface area contributed by atoms with Crippen molar-refractivity contribution in [2.24, 2.45) is 0 Å². The highest BCUT2D eigenvalue weighted by molar-refractivity contribution is 6.32. The molecular weight excluding hydrogens is 232 g/mol. The van der Waals surface area contributed by atoms with Crippen molar-refractivity contribution < 1.29 is 19.4 Å². The van der Waals surface area contributed by atoms with Gasteiger partial charge in [-0.25, -0.2) is 0 Å². The van der Waals surface area contributed by atoms with E-state index in [9.17, 15) is 9.90 Å². The summed E-state index contributed by atoms with van der Waals surface area (Å²) in [6.07, 6.45) is 1.26. The van der Waals surface area contributed by atoms with Gasteiger partial charge in [0.25, 0.3) is 0 Å². The van der Waals surface area contributed by atoms with Gasteiger partial charge in [-0.05, 0) is 6.07 Å². The van der Waals surface area contributed by atoms with E-state index in [1.165, 1.54) is 12.1 Å². The molecule has 0 atom stereocenters. The van der Waals surface area contributed by atoms with E-state index in [-0.39, 0.29) is 11.3 Å². The predicted molar refractivity (Wildman–Crippen MR) is 60.5 cm³/mol. The molecule has 0 aliphatic rings. The van der Waals surface area contributed by atoms with Crippen molar-refractivity contribution in [3.8, 4) is 11.5 Å². The summed E-state index contributed by atoms with van der Waals surface area (Å²) in [5, 5.41) is 9.73. The van der Waals surface area contributed by atoms with Crippen molar-refractivity contribution >= 4 is 17.9 Å². The molecule has 0 amide bonds. The highest BCUT2D eigenvalue weighted by Gasteiger charge is 2.08. The fraction of sp³-hybridized carbons (Fsp3) is 0.364. The first-order valence-corrected chi connectivity index (χ1v) is 5.16. The molecule has 1 aromatic rings. The summed E-state index contributed by atoms with van der Waals surface area (Å²) in [6, 6.07) is 2.70. The summed E-state index contributed by atoms with van der Waals surface area (Å²) in [5.41, 5.74) is 0.147. The van der Waals surface area contributed by atoms with Crippen LogP contribution in [-0.4, -0.2) is 31.7 Å². The molecule has 0 unspecified atom stereocenters. The van der Waals surface area contributed by atoms with Crippen LogP contribution in [0, 0.1) is 0 Å². The number of aldehydes is 1. The molecule has 0 radical (unpaired) electrons. The molecule has 0 spiro atoms. The summed E-state index contributed by atoms with van der Waals surface area (Å²) in [6.45, 7) is 1.03. The Morgan fingerprint density at radius 1 is 1.44 bits per heavy atom. The van der Waals surface area contributed by atoms with Crippen LogP contribution in [0.2, 0.25) is 5.02 Å². The fourth-order valence-corrected chi connectivity index (χ4v) is 1.38. The number of carbonyl (C=O) groups is 1. The SMILES string of the molecule is COCCCOc1cc(O)c(C=O)cc1Cl. The van der Waals surface area contributed by atoms with Crippen LogP contribution in [0.15, 0.2) is 12.1 Å². The maximum absolute atomic E-state index is 10.5. The number of methoxy groups -OCH3 is 1. The van der Waals surface area contributed by atoms with Crippen LogP contribution in [0.5, 0.6) is 11.5 Å². The van der Waals surface area contributed by atoms with Crippen LogP contribution >= 0.6 is 11.6 Å². The second-order valence-electron chi connectivity index (χ2n) is 3.15. The summed E-state index contributed by atoms with van der Waals surface area (Å²) in [4.78, 5) is 10.5. The maximum atomic E-state index is 10.5. The molecule has 0 bridgehead atoms. The van der Waals surface area contributed by atoms with E-state index in [2.05, 4.69) is 0 Å². The van der Waals surface area contributed by atoms with Gasteiger partial charge in [0.15, 0.2) is 6.29 Å². The third-order valence-electron chi connectivity index (χ3n) is 1.96. The molecule has 0 aliphatic carbocycles. The predicted octanol–water partition coefficient (Wildman–Crippen LogP) is 2.27. The summed E-state index contributed by atoms with van der Waals surface area (Å²) >= 11 is 5.87. The molecule has 88 valence electrons. The fourth-order valence-electron chi connectivity index (χ4n) is 1.15. The molecule has 0 saturated heterocycles. The first-order chi connectivity index (χ1) is 7.69. The van der Waals surface area contributed by atoms with Crippen LogP contribution < -0.4 is 4.74 Å². The Hall–Kier alpha value is -1.26. The van der Waals surface area contributed by atoms with Crippen LogP contribution in [-0.2, 0) is 4.74 Å². The van der Waals surface area contributed by atoms with E-state index < -0.39 is 0 Å². The van der Waals surface area contributed by atoms with Crippen molar-refractivity contribution in [3.05, 3.63) is 22.7 Å². The van der Waals surface area contributed by atoms with E-state index in [0.29, 0.717) is 30.3 Å². The van der Waals surface area contributed by atoms with Crippen LogP contribution in [0.25, 0.3) is 0 Å². The number of benzene rings is 1. The van der Waals surface area contributed by atoms with Gasteiger partial charge < -0.3 is 14.6 Å². The Kier molecular flexibility index (Phi) is 5.08. The van der Waals surface area contributed by atoms with Crippen molar-refractivity contribution in [2.45, 2.75) is 6.42 Å². The van der Waals surface area contributed by atoms with Gasteiger partial charge in [0.1, 0.15) is 11.5 Å². The average molecular weight is 245 g/mol. The Morgan fingerprint density at radius 2 is 2.19 bits per heavy atom. The molecule has 4 nitrogen and oxygen atoms in total. The van der Waals surface area contributed by atoms with E-state index in [0.717, 1.165) is 6.42 Å². The van der Waals surface area contributed by atoms with Crippen LogP contribution in [0.4, 0.5) is 0 Å². The molecule has 1 rings (SSSR count). The van der Waals surface area contributed by atoms with Gasteiger partial charge in [-0.1, -0.05) is 11.6 Å². The highest BCUT2D eigenvalue weighted by atomic mass is 35.5. The number of aromatic hydroxyl groups is 1. The summed E-state index contributed by atoms with van der Waals surface area (Å²) in [7, 11) is 1.61. The Balaban J connectivity index is 2.66. The Labute approximate surface area is 98.7 Å². The zero-order valence-corrected chi connectivity index (χ0v) is 9.66. The van der Waals surface area contributed by atoms with E-state index in [1.807, 2.05) is 0 Å². The van der Waals surface area contributed by atoms with Gasteiger partial charge in [-0.15, -0.1) is 0 Å². The molecular formula is C11H13ClO4. The molecule has 0 fully saturated rings. The minimum Gasteiger partial charge on any atom is -0.507 e. The maximum Gasteiger partial charge on any atom is 0.153 e. The zero-order chi connectivity index (χ0) is 12.0. The molecule has 16 heavy (non-hydrogen) atoms. The lowest BCUT2D eigenvalue weighted by atomic mass is 10.2. The quantitative estimate of drug-likeness (QED) is 0.616. The largest absolute Gasteiger partial charge is 0.507 e. The topological polar surface area (TPSA) is 55.8 Å². The summed E-state index contributed by atoms with van der Waals surface area (Å²) < 4.78 is 10.2. The number of phenols is 1. The standard InChI is InChI=1S/C11H13ClO4/c1-15-3-2-4-16-11-6-10(14)8(7-13)5-9(11)12/h5-7,14H,2-4H2,1H3. The lowest BCUT2D eigenvalue weighted by Gasteiger charge is -2.09. The minimum absolute atomic E-state index is 0.138. The van der Waals surface area contributed by atoms with Gasteiger partial charge in [0.05, 0.1) is 17.2 Å². The second kappa shape index (κ2) is 6.35. The first-order valence-electron chi connectivity index (χ1n) is 4.78. The molecule has 0 aromatic heterocycles.